The minimum Gasteiger partial charge on any atom is -0.378 e. The molecule has 43 heavy (non-hydrogen) atoms. The van der Waals surface area contributed by atoms with Gasteiger partial charge >= 0.3 is 0 Å². The Labute approximate surface area is 259 Å². The lowest BCUT2D eigenvalue weighted by Gasteiger charge is -2.34. The SMILES string of the molecule is BC(Nc1cc(Br)c2ncc(C#N)c(N[C@H](CCC#N)c3ccccc3)c2c1)(C1=CN(C2CC2)NN1)c1ccc(F)cc1. The third-order valence-electron chi connectivity index (χ3n) is 7.99. The van der Waals surface area contributed by atoms with E-state index >= 15 is 0 Å². The zero-order valence-corrected chi connectivity index (χ0v) is 25.1. The van der Waals surface area contributed by atoms with Crippen molar-refractivity contribution < 1.29 is 4.39 Å². The fourth-order valence-corrected chi connectivity index (χ4v) is 6.02. The van der Waals surface area contributed by atoms with E-state index in [-0.39, 0.29) is 11.9 Å². The molecule has 4 aromatic rings. The topological polar surface area (TPSA) is 112 Å². The van der Waals surface area contributed by atoms with Gasteiger partial charge < -0.3 is 16.1 Å². The number of nitrogens with one attached hydrogen (secondary N) is 4. The predicted octanol–water partition coefficient (Wildman–Crippen LogP) is 5.69. The number of hydrogen-bond donors (Lipinski definition) is 4. The first-order chi connectivity index (χ1) is 20.9. The maximum Gasteiger partial charge on any atom is 0.148 e. The number of fused-ring (bicyclic) bond motifs is 1. The molecule has 2 heterocycles. The molecule has 0 spiro atoms. The van der Waals surface area contributed by atoms with Crippen LogP contribution in [0.3, 0.4) is 0 Å². The van der Waals surface area contributed by atoms with Crippen LogP contribution in [0.15, 0.2) is 89.3 Å². The van der Waals surface area contributed by atoms with Crippen LogP contribution < -0.4 is 21.6 Å². The molecule has 1 aliphatic heterocycles. The van der Waals surface area contributed by atoms with Crippen LogP contribution in [0.2, 0.25) is 0 Å². The summed E-state index contributed by atoms with van der Waals surface area (Å²) in [6.45, 7) is 0. The average molecular weight is 635 g/mol. The van der Waals surface area contributed by atoms with Gasteiger partial charge in [0.2, 0.25) is 0 Å². The van der Waals surface area contributed by atoms with Crippen LogP contribution in [0.4, 0.5) is 15.8 Å². The van der Waals surface area contributed by atoms with E-state index in [2.05, 4.69) is 65.9 Å². The van der Waals surface area contributed by atoms with E-state index in [9.17, 15) is 14.9 Å². The molecule has 1 saturated carbocycles. The fraction of sp³-hybridized carbons (Fsp3) is 0.219. The van der Waals surface area contributed by atoms with Crippen LogP contribution in [0.1, 0.15) is 48.4 Å². The number of nitriles is 2. The molecule has 0 saturated heterocycles. The van der Waals surface area contributed by atoms with Gasteiger partial charge in [0.25, 0.3) is 0 Å². The van der Waals surface area contributed by atoms with Crippen molar-refractivity contribution in [2.75, 3.05) is 10.6 Å². The number of pyridine rings is 1. The standard InChI is InChI=1S/C32H29BBrFN8/c33-32(22-8-10-23(35)11-9-22,29-19-43(42-41-29)25-12-13-25)40-24-15-26-30(21(17-37)18-38-31(26)27(34)16-24)39-28(7-4-14-36)20-5-2-1-3-6-20/h1-3,5-6,8-11,15-16,18-19,25,28,40-42H,4,7,12-13,33H2,(H,38,39)/t28-,32?/m1/s1. The highest BCUT2D eigenvalue weighted by atomic mass is 79.9. The van der Waals surface area contributed by atoms with E-state index < -0.39 is 5.44 Å². The highest BCUT2D eigenvalue weighted by molar-refractivity contribution is 9.10. The van der Waals surface area contributed by atoms with Gasteiger partial charge in [-0.2, -0.15) is 10.5 Å². The molecule has 1 unspecified atom stereocenters. The summed E-state index contributed by atoms with van der Waals surface area (Å²) in [5, 5.41) is 29.5. The summed E-state index contributed by atoms with van der Waals surface area (Å²) in [5.41, 5.74) is 11.1. The van der Waals surface area contributed by atoms with Crippen molar-refractivity contribution in [2.45, 2.75) is 43.2 Å². The third-order valence-corrected chi connectivity index (χ3v) is 8.60. The first-order valence-corrected chi connectivity index (χ1v) is 15.0. The van der Waals surface area contributed by atoms with Gasteiger partial charge in [0.15, 0.2) is 0 Å². The number of nitrogens with zero attached hydrogens (tertiary/aromatic N) is 4. The Morgan fingerprint density at radius 2 is 1.91 bits per heavy atom. The zero-order chi connectivity index (χ0) is 30.0. The molecule has 214 valence electrons. The van der Waals surface area contributed by atoms with Gasteiger partial charge in [0.1, 0.15) is 19.7 Å². The largest absolute Gasteiger partial charge is 0.378 e. The second-order valence-electron chi connectivity index (χ2n) is 11.0. The summed E-state index contributed by atoms with van der Waals surface area (Å²) in [6, 6.07) is 25.1. The van der Waals surface area contributed by atoms with E-state index in [0.29, 0.717) is 35.7 Å². The molecule has 0 radical (unpaired) electrons. The van der Waals surface area contributed by atoms with E-state index in [0.717, 1.165) is 45.2 Å². The lowest BCUT2D eigenvalue weighted by Crippen LogP contribution is -2.45. The molecule has 3 aromatic carbocycles. The molecule has 2 atom stereocenters. The molecule has 0 amide bonds. The first-order valence-electron chi connectivity index (χ1n) is 14.2. The van der Waals surface area contributed by atoms with E-state index in [1.165, 1.54) is 12.1 Å². The maximum absolute atomic E-state index is 14.0. The molecule has 1 fully saturated rings. The Balaban J connectivity index is 1.44. The number of halogens is 2. The maximum atomic E-state index is 14.0. The molecule has 4 N–H and O–H groups in total. The predicted molar refractivity (Wildman–Crippen MR) is 171 cm³/mol. The van der Waals surface area contributed by atoms with Crippen LogP contribution in [0.5, 0.6) is 0 Å². The van der Waals surface area contributed by atoms with Gasteiger partial charge in [-0.3, -0.25) is 9.99 Å². The summed E-state index contributed by atoms with van der Waals surface area (Å²) < 4.78 is 14.7. The van der Waals surface area contributed by atoms with Crippen LogP contribution in [0.25, 0.3) is 10.9 Å². The fourth-order valence-electron chi connectivity index (χ4n) is 5.46. The van der Waals surface area contributed by atoms with Crippen molar-refractivity contribution in [1.82, 2.24) is 21.0 Å². The third kappa shape index (κ3) is 5.87. The number of benzene rings is 3. The molecule has 0 bridgehead atoms. The molecule has 1 aromatic heterocycles. The van der Waals surface area contributed by atoms with Crippen molar-refractivity contribution in [1.29, 1.82) is 10.5 Å². The normalized spacial score (nSPS) is 16.4. The minimum atomic E-state index is -0.773. The second kappa shape index (κ2) is 12.0. The summed E-state index contributed by atoms with van der Waals surface area (Å²) in [7, 11) is 2.05. The molecule has 8 nitrogen and oxygen atoms in total. The first kappa shape index (κ1) is 28.5. The van der Waals surface area contributed by atoms with Crippen LogP contribution in [-0.4, -0.2) is 23.9 Å². The molecular formula is C32H29BBrFN8. The van der Waals surface area contributed by atoms with E-state index in [1.54, 1.807) is 18.3 Å². The quantitative estimate of drug-likeness (QED) is 0.165. The lowest BCUT2D eigenvalue weighted by molar-refractivity contribution is 0.260. The van der Waals surface area contributed by atoms with Crippen molar-refractivity contribution in [3.8, 4) is 12.1 Å². The highest BCUT2D eigenvalue weighted by Crippen LogP contribution is 2.39. The van der Waals surface area contributed by atoms with E-state index in [1.807, 2.05) is 50.3 Å². The second-order valence-corrected chi connectivity index (χ2v) is 11.8. The van der Waals surface area contributed by atoms with E-state index in [4.69, 9.17) is 0 Å². The van der Waals surface area contributed by atoms with Crippen molar-refractivity contribution >= 4 is 46.1 Å². The van der Waals surface area contributed by atoms with Gasteiger partial charge in [0.05, 0.1) is 40.0 Å². The summed E-state index contributed by atoms with van der Waals surface area (Å²) in [6.07, 6.45) is 6.81. The highest BCUT2D eigenvalue weighted by Gasteiger charge is 2.38. The number of rotatable bonds is 10. The Morgan fingerprint density at radius 3 is 2.60 bits per heavy atom. The molecular weight excluding hydrogens is 606 g/mol. The van der Waals surface area contributed by atoms with Crippen LogP contribution >= 0.6 is 15.9 Å². The van der Waals surface area contributed by atoms with Gasteiger partial charge in [-0.05, 0) is 70.6 Å². The summed E-state index contributed by atoms with van der Waals surface area (Å²) in [4.78, 5) is 4.60. The summed E-state index contributed by atoms with van der Waals surface area (Å²) in [5.74, 6) is -0.305. The minimum absolute atomic E-state index is 0.189. The van der Waals surface area contributed by atoms with Gasteiger partial charge in [-0.25, -0.2) is 4.39 Å². The Bertz CT molecular complexity index is 1770. The zero-order valence-electron chi connectivity index (χ0n) is 23.5. The molecule has 6 rings (SSSR count). The smallest absolute Gasteiger partial charge is 0.148 e. The van der Waals surface area contributed by atoms with Gasteiger partial charge in [0, 0.05) is 40.4 Å². The Morgan fingerprint density at radius 1 is 1.14 bits per heavy atom. The number of hydrazine groups is 2. The van der Waals surface area contributed by atoms with Crippen molar-refractivity contribution in [3.63, 3.8) is 0 Å². The van der Waals surface area contributed by atoms with Crippen molar-refractivity contribution in [2.24, 2.45) is 0 Å². The molecule has 11 heteroatoms. The van der Waals surface area contributed by atoms with Gasteiger partial charge in [-0.1, -0.05) is 42.5 Å². The van der Waals surface area contributed by atoms with Crippen LogP contribution in [0, 0.1) is 28.5 Å². The summed E-state index contributed by atoms with van der Waals surface area (Å²) >= 11 is 3.72. The van der Waals surface area contributed by atoms with Crippen molar-refractivity contribution in [3.05, 3.63) is 112 Å². The molecule has 2 aliphatic rings. The number of aromatic nitrogens is 1. The number of hydrogen-bond acceptors (Lipinski definition) is 8. The average Bonchev–Trinajstić information content (AvgIpc) is 3.75. The Kier molecular flexibility index (Phi) is 7.94. The van der Waals surface area contributed by atoms with Gasteiger partial charge in [-0.15, -0.1) is 5.53 Å². The lowest BCUT2D eigenvalue weighted by atomic mass is 9.69. The monoisotopic (exact) mass is 634 g/mol. The van der Waals surface area contributed by atoms with Crippen LogP contribution in [-0.2, 0) is 5.44 Å². The number of anilines is 2. The Hall–Kier alpha value is -4.58. The molecule has 1 aliphatic carbocycles.